The number of carbonyl (C=O) groups excluding carboxylic acids is 1. The average Bonchev–Trinajstić information content (AvgIpc) is 2.55. The van der Waals surface area contributed by atoms with Crippen molar-refractivity contribution in [2.45, 2.75) is 20.8 Å². The first-order valence-corrected chi connectivity index (χ1v) is 7.21. The predicted octanol–water partition coefficient (Wildman–Crippen LogP) is 4.36. The standard InChI is InChI=1S/C19H19FO3/c1-11-12(2)18(22)17(19(23-4)13(11)3)16(21)10-7-14-5-8-15(20)9-6-14/h5-10,22H,1-4H3/b10-7+. The van der Waals surface area contributed by atoms with E-state index in [1.165, 1.54) is 25.3 Å². The molecule has 120 valence electrons. The molecule has 4 heteroatoms. The Morgan fingerprint density at radius 2 is 1.70 bits per heavy atom. The number of carbonyl (C=O) groups is 1. The van der Waals surface area contributed by atoms with Gasteiger partial charge in [-0.25, -0.2) is 4.39 Å². The number of halogens is 1. The molecule has 23 heavy (non-hydrogen) atoms. The number of benzene rings is 2. The molecule has 0 saturated carbocycles. The van der Waals surface area contributed by atoms with E-state index in [-0.39, 0.29) is 22.9 Å². The Bertz CT molecular complexity index is 774. The van der Waals surface area contributed by atoms with E-state index < -0.39 is 0 Å². The summed E-state index contributed by atoms with van der Waals surface area (Å²) in [7, 11) is 1.47. The minimum Gasteiger partial charge on any atom is -0.507 e. The maximum absolute atomic E-state index is 12.9. The van der Waals surface area contributed by atoms with Crippen LogP contribution in [0.4, 0.5) is 4.39 Å². The number of hydrogen-bond donors (Lipinski definition) is 1. The second-order valence-electron chi connectivity index (χ2n) is 5.38. The minimum absolute atomic E-state index is 0.0706. The Morgan fingerprint density at radius 1 is 1.09 bits per heavy atom. The highest BCUT2D eigenvalue weighted by Crippen LogP contribution is 2.37. The molecule has 0 radical (unpaired) electrons. The molecule has 2 rings (SSSR count). The van der Waals surface area contributed by atoms with Crippen LogP contribution in [0.25, 0.3) is 6.08 Å². The second kappa shape index (κ2) is 6.65. The van der Waals surface area contributed by atoms with E-state index in [1.54, 1.807) is 25.1 Å². The van der Waals surface area contributed by atoms with E-state index in [0.29, 0.717) is 16.9 Å². The van der Waals surface area contributed by atoms with Crippen molar-refractivity contribution in [3.63, 3.8) is 0 Å². The monoisotopic (exact) mass is 314 g/mol. The van der Waals surface area contributed by atoms with Gasteiger partial charge in [0.1, 0.15) is 22.9 Å². The molecule has 0 amide bonds. The minimum atomic E-state index is -0.366. The van der Waals surface area contributed by atoms with Gasteiger partial charge in [-0.2, -0.15) is 0 Å². The highest BCUT2D eigenvalue weighted by molar-refractivity contribution is 6.11. The van der Waals surface area contributed by atoms with Gasteiger partial charge in [0, 0.05) is 0 Å². The quantitative estimate of drug-likeness (QED) is 0.673. The van der Waals surface area contributed by atoms with Crippen molar-refractivity contribution in [3.8, 4) is 11.5 Å². The van der Waals surface area contributed by atoms with Crippen molar-refractivity contribution in [3.05, 3.63) is 64.0 Å². The zero-order valence-corrected chi connectivity index (χ0v) is 13.6. The van der Waals surface area contributed by atoms with Gasteiger partial charge in [0.15, 0.2) is 5.78 Å². The van der Waals surface area contributed by atoms with Gasteiger partial charge < -0.3 is 9.84 Å². The first kappa shape index (κ1) is 16.7. The van der Waals surface area contributed by atoms with E-state index >= 15 is 0 Å². The van der Waals surface area contributed by atoms with Crippen molar-refractivity contribution in [2.24, 2.45) is 0 Å². The average molecular weight is 314 g/mol. The number of hydrogen-bond acceptors (Lipinski definition) is 3. The van der Waals surface area contributed by atoms with Crippen molar-refractivity contribution in [1.29, 1.82) is 0 Å². The zero-order chi connectivity index (χ0) is 17.1. The molecule has 0 aliphatic rings. The van der Waals surface area contributed by atoms with Gasteiger partial charge in [0.25, 0.3) is 0 Å². The lowest BCUT2D eigenvalue weighted by Crippen LogP contribution is -2.05. The maximum atomic E-state index is 12.9. The summed E-state index contributed by atoms with van der Waals surface area (Å²) in [6.07, 6.45) is 2.92. The maximum Gasteiger partial charge on any atom is 0.193 e. The first-order valence-electron chi connectivity index (χ1n) is 7.21. The zero-order valence-electron chi connectivity index (χ0n) is 13.6. The molecular formula is C19H19FO3. The van der Waals surface area contributed by atoms with Crippen LogP contribution in [0, 0.1) is 26.6 Å². The summed E-state index contributed by atoms with van der Waals surface area (Å²) in [6, 6.07) is 5.79. The molecular weight excluding hydrogens is 295 g/mol. The lowest BCUT2D eigenvalue weighted by atomic mass is 9.95. The van der Waals surface area contributed by atoms with Crippen LogP contribution in [-0.4, -0.2) is 18.0 Å². The fourth-order valence-corrected chi connectivity index (χ4v) is 2.42. The number of ketones is 1. The lowest BCUT2D eigenvalue weighted by molar-refractivity contribution is 0.104. The van der Waals surface area contributed by atoms with Gasteiger partial charge in [-0.05, 0) is 61.2 Å². The molecule has 1 N–H and O–H groups in total. The summed E-state index contributed by atoms with van der Waals surface area (Å²) in [5.41, 5.74) is 3.20. The van der Waals surface area contributed by atoms with Gasteiger partial charge in [-0.1, -0.05) is 18.2 Å². The van der Waals surface area contributed by atoms with Crippen molar-refractivity contribution in [2.75, 3.05) is 7.11 Å². The number of methoxy groups -OCH3 is 1. The van der Waals surface area contributed by atoms with Crippen LogP contribution >= 0.6 is 0 Å². The van der Waals surface area contributed by atoms with E-state index in [9.17, 15) is 14.3 Å². The molecule has 2 aromatic carbocycles. The van der Waals surface area contributed by atoms with Crippen LogP contribution in [0.3, 0.4) is 0 Å². The molecule has 0 aliphatic heterocycles. The fourth-order valence-electron chi connectivity index (χ4n) is 2.42. The molecule has 0 spiro atoms. The summed E-state index contributed by atoms with van der Waals surface area (Å²) in [5.74, 6) is -0.398. The molecule has 0 bridgehead atoms. The van der Waals surface area contributed by atoms with E-state index in [4.69, 9.17) is 4.74 Å². The van der Waals surface area contributed by atoms with Crippen molar-refractivity contribution in [1.82, 2.24) is 0 Å². The molecule has 0 heterocycles. The van der Waals surface area contributed by atoms with Crippen LogP contribution in [0.15, 0.2) is 30.3 Å². The Balaban J connectivity index is 2.45. The Morgan fingerprint density at radius 3 is 2.26 bits per heavy atom. The molecule has 3 nitrogen and oxygen atoms in total. The van der Waals surface area contributed by atoms with Gasteiger partial charge in [-0.15, -0.1) is 0 Å². The van der Waals surface area contributed by atoms with Crippen LogP contribution < -0.4 is 4.74 Å². The number of phenols is 1. The predicted molar refractivity (Wildman–Crippen MR) is 88.6 cm³/mol. The summed E-state index contributed by atoms with van der Waals surface area (Å²) < 4.78 is 18.2. The number of rotatable bonds is 4. The molecule has 0 fully saturated rings. The molecule has 0 atom stereocenters. The first-order chi connectivity index (χ1) is 10.9. The largest absolute Gasteiger partial charge is 0.507 e. The van der Waals surface area contributed by atoms with Gasteiger partial charge in [0.2, 0.25) is 0 Å². The topological polar surface area (TPSA) is 46.5 Å². The number of phenolic OH excluding ortho intramolecular Hbond substituents is 1. The van der Waals surface area contributed by atoms with Gasteiger partial charge >= 0.3 is 0 Å². The smallest absolute Gasteiger partial charge is 0.193 e. The van der Waals surface area contributed by atoms with Gasteiger partial charge in [0.05, 0.1) is 7.11 Å². The Hall–Kier alpha value is -2.62. The molecule has 0 saturated heterocycles. The van der Waals surface area contributed by atoms with Crippen molar-refractivity contribution < 1.29 is 19.0 Å². The normalized spacial score (nSPS) is 11.0. The fraction of sp³-hybridized carbons (Fsp3) is 0.211. The second-order valence-corrected chi connectivity index (χ2v) is 5.38. The van der Waals surface area contributed by atoms with Crippen LogP contribution in [0.1, 0.15) is 32.6 Å². The Labute approximate surface area is 135 Å². The lowest BCUT2D eigenvalue weighted by Gasteiger charge is -2.16. The van der Waals surface area contributed by atoms with Gasteiger partial charge in [-0.3, -0.25) is 4.79 Å². The number of aromatic hydroxyl groups is 1. The summed E-state index contributed by atoms with van der Waals surface area (Å²) >= 11 is 0. The third-order valence-electron chi connectivity index (χ3n) is 4.03. The third kappa shape index (κ3) is 3.26. The van der Waals surface area contributed by atoms with Crippen LogP contribution in [-0.2, 0) is 0 Å². The molecule has 0 aliphatic carbocycles. The number of allylic oxidation sites excluding steroid dienone is 1. The number of ether oxygens (including phenoxy) is 1. The van der Waals surface area contributed by atoms with E-state index in [0.717, 1.165) is 11.1 Å². The molecule has 2 aromatic rings. The summed E-state index contributed by atoms with van der Waals surface area (Å²) in [5, 5.41) is 10.3. The van der Waals surface area contributed by atoms with Crippen LogP contribution in [0.5, 0.6) is 11.5 Å². The Kier molecular flexibility index (Phi) is 4.84. The van der Waals surface area contributed by atoms with Crippen LogP contribution in [0.2, 0.25) is 0 Å². The third-order valence-corrected chi connectivity index (χ3v) is 4.03. The SMILES string of the molecule is COc1c(C)c(C)c(C)c(O)c1C(=O)/C=C/c1ccc(F)cc1. The highest BCUT2D eigenvalue weighted by Gasteiger charge is 2.22. The van der Waals surface area contributed by atoms with E-state index in [1.807, 2.05) is 13.8 Å². The van der Waals surface area contributed by atoms with Crippen molar-refractivity contribution >= 4 is 11.9 Å². The van der Waals surface area contributed by atoms with E-state index in [2.05, 4.69) is 0 Å². The summed E-state index contributed by atoms with van der Waals surface area (Å²) in [4.78, 5) is 12.5. The molecule has 0 unspecified atom stereocenters. The molecule has 0 aromatic heterocycles. The summed E-state index contributed by atoms with van der Waals surface area (Å²) in [6.45, 7) is 5.48. The highest BCUT2D eigenvalue weighted by atomic mass is 19.1.